The van der Waals surface area contributed by atoms with Crippen LogP contribution >= 0.6 is 7.67 Å². The zero-order valence-corrected chi connectivity index (χ0v) is 8.03. The van der Waals surface area contributed by atoms with Crippen molar-refractivity contribution in [2.45, 2.75) is 0 Å². The van der Waals surface area contributed by atoms with Gasteiger partial charge in [-0.1, -0.05) is 0 Å². The third kappa shape index (κ3) is 1.39. The average Bonchev–Trinajstić information content (AvgIpc) is 2.73. The molecule has 0 saturated heterocycles. The van der Waals surface area contributed by atoms with Crippen molar-refractivity contribution in [3.8, 4) is 0 Å². The van der Waals surface area contributed by atoms with Crippen molar-refractivity contribution >= 4 is 7.67 Å². The molecule has 0 radical (unpaired) electrons. The van der Waals surface area contributed by atoms with Gasteiger partial charge in [-0.3, -0.25) is 0 Å². The van der Waals surface area contributed by atoms with Gasteiger partial charge < -0.3 is 13.7 Å². The van der Waals surface area contributed by atoms with Crippen LogP contribution in [0.1, 0.15) is 0 Å². The molecule has 2 rings (SSSR count). The fraction of sp³-hybridized carbons (Fsp3) is 0. The van der Waals surface area contributed by atoms with Crippen molar-refractivity contribution in [3.05, 3.63) is 46.0 Å². The van der Waals surface area contributed by atoms with Crippen LogP contribution in [0, 0.1) is 0 Å². The van der Waals surface area contributed by atoms with Crippen LogP contribution in [-0.2, 0) is 4.57 Å². The summed E-state index contributed by atoms with van der Waals surface area (Å²) in [5, 5.41) is 0. The second-order valence-electron chi connectivity index (χ2n) is 2.54. The predicted octanol–water partition coefficient (Wildman–Crippen LogP) is -0.307. The van der Waals surface area contributed by atoms with Gasteiger partial charge in [-0.15, -0.1) is 0 Å². The molecule has 0 unspecified atom stereocenters. The molecule has 2 aromatic heterocycles. The Morgan fingerprint density at radius 3 is 1.73 bits per heavy atom. The lowest BCUT2D eigenvalue weighted by molar-refractivity contribution is 0.431. The molecular formula is C6H5N2O6P. The van der Waals surface area contributed by atoms with Crippen LogP contribution in [0.15, 0.2) is 43.3 Å². The molecule has 0 atom stereocenters. The van der Waals surface area contributed by atoms with Gasteiger partial charge in [-0.05, 0) is 0 Å². The summed E-state index contributed by atoms with van der Waals surface area (Å²) in [6.07, 6.45) is 3.80. The normalized spacial score (nSPS) is 11.8. The van der Waals surface area contributed by atoms with Gasteiger partial charge in [0.15, 0.2) is 0 Å². The molecule has 1 N–H and O–H groups in total. The average molecular weight is 232 g/mol. The summed E-state index contributed by atoms with van der Waals surface area (Å²) < 4.78 is 21.2. The van der Waals surface area contributed by atoms with Gasteiger partial charge >= 0.3 is 19.2 Å². The van der Waals surface area contributed by atoms with E-state index in [1.807, 2.05) is 0 Å². The summed E-state index contributed by atoms with van der Waals surface area (Å²) >= 11 is 0. The minimum atomic E-state index is -4.36. The fourth-order valence-electron chi connectivity index (χ4n) is 1.01. The largest absolute Gasteiger partial charge is 0.427 e. The summed E-state index contributed by atoms with van der Waals surface area (Å²) in [4.78, 5) is 31.5. The van der Waals surface area contributed by atoms with Gasteiger partial charge in [-0.25, -0.2) is 14.2 Å². The quantitative estimate of drug-likeness (QED) is 0.711. The molecule has 0 bridgehead atoms. The minimum Gasteiger partial charge on any atom is -0.416 e. The molecule has 80 valence electrons. The summed E-state index contributed by atoms with van der Waals surface area (Å²) in [7, 11) is -4.36. The maximum absolute atomic E-state index is 11.7. The first-order valence-corrected chi connectivity index (χ1v) is 5.27. The van der Waals surface area contributed by atoms with E-state index < -0.39 is 19.2 Å². The highest BCUT2D eigenvalue weighted by molar-refractivity contribution is 7.54. The highest BCUT2D eigenvalue weighted by Crippen LogP contribution is 2.40. The van der Waals surface area contributed by atoms with Crippen LogP contribution in [0.4, 0.5) is 0 Å². The zero-order valence-electron chi connectivity index (χ0n) is 7.14. The lowest BCUT2D eigenvalue weighted by Gasteiger charge is -2.08. The second kappa shape index (κ2) is 3.11. The molecular weight excluding hydrogens is 227 g/mol. The smallest absolute Gasteiger partial charge is 0.416 e. The van der Waals surface area contributed by atoms with E-state index in [9.17, 15) is 19.0 Å². The molecule has 0 fully saturated rings. The molecule has 15 heavy (non-hydrogen) atoms. The Hall–Kier alpha value is -1.79. The van der Waals surface area contributed by atoms with Crippen molar-refractivity contribution in [2.75, 3.05) is 0 Å². The van der Waals surface area contributed by atoms with Gasteiger partial charge in [0, 0.05) is 0 Å². The van der Waals surface area contributed by atoms with Crippen LogP contribution in [0.2, 0.25) is 0 Å². The summed E-state index contributed by atoms with van der Waals surface area (Å²) in [5.41, 5.74) is 0. The van der Waals surface area contributed by atoms with E-state index in [1.165, 1.54) is 0 Å². The summed E-state index contributed by atoms with van der Waals surface area (Å²) in [6, 6.07) is 0. The first kappa shape index (κ1) is 9.75. The number of hydrogen-bond acceptors (Lipinski definition) is 5. The molecule has 0 aliphatic rings. The van der Waals surface area contributed by atoms with Crippen LogP contribution in [0.25, 0.3) is 0 Å². The van der Waals surface area contributed by atoms with E-state index in [0.717, 1.165) is 24.9 Å². The van der Waals surface area contributed by atoms with Gasteiger partial charge in [0.1, 0.15) is 12.5 Å². The van der Waals surface area contributed by atoms with Crippen molar-refractivity contribution in [1.29, 1.82) is 0 Å². The Morgan fingerprint density at radius 2 is 1.47 bits per heavy atom. The highest BCUT2D eigenvalue weighted by atomic mass is 31.2. The Kier molecular flexibility index (Phi) is 2.02. The lowest BCUT2D eigenvalue weighted by atomic mass is 11.0. The summed E-state index contributed by atoms with van der Waals surface area (Å²) in [6.45, 7) is 0. The predicted molar refractivity (Wildman–Crippen MR) is 46.6 cm³/mol. The van der Waals surface area contributed by atoms with Crippen molar-refractivity contribution < 1.29 is 18.3 Å². The van der Waals surface area contributed by atoms with Crippen molar-refractivity contribution in [2.24, 2.45) is 0 Å². The third-order valence-electron chi connectivity index (χ3n) is 1.68. The highest BCUT2D eigenvalue weighted by Gasteiger charge is 2.28. The molecule has 0 aromatic carbocycles. The lowest BCUT2D eigenvalue weighted by Crippen LogP contribution is -2.21. The first-order chi connectivity index (χ1) is 7.03. The van der Waals surface area contributed by atoms with Crippen molar-refractivity contribution in [1.82, 2.24) is 8.68 Å². The Balaban J connectivity index is 2.69. The van der Waals surface area contributed by atoms with Crippen LogP contribution in [0.5, 0.6) is 0 Å². The van der Waals surface area contributed by atoms with E-state index in [0.29, 0.717) is 8.68 Å². The third-order valence-corrected chi connectivity index (χ3v) is 3.39. The second-order valence-corrected chi connectivity index (χ2v) is 4.43. The zero-order chi connectivity index (χ0) is 11.1. The van der Waals surface area contributed by atoms with E-state index in [2.05, 4.69) is 8.83 Å². The molecule has 0 spiro atoms. The molecule has 8 nitrogen and oxygen atoms in total. The Labute approximate surface area is 81.5 Å². The molecule has 2 heterocycles. The first-order valence-electron chi connectivity index (χ1n) is 3.70. The molecule has 2 aromatic rings. The van der Waals surface area contributed by atoms with E-state index >= 15 is 0 Å². The summed E-state index contributed by atoms with van der Waals surface area (Å²) in [5.74, 6) is -2.07. The molecule has 0 saturated carbocycles. The Morgan fingerprint density at radius 1 is 1.07 bits per heavy atom. The maximum Gasteiger partial charge on any atom is 0.427 e. The number of oxazole rings is 2. The van der Waals surface area contributed by atoms with Gasteiger partial charge in [0.2, 0.25) is 0 Å². The van der Waals surface area contributed by atoms with Crippen LogP contribution in [-0.4, -0.2) is 13.6 Å². The monoisotopic (exact) mass is 232 g/mol. The van der Waals surface area contributed by atoms with E-state index in [-0.39, 0.29) is 0 Å². The molecule has 0 aliphatic carbocycles. The van der Waals surface area contributed by atoms with E-state index in [4.69, 9.17) is 0 Å². The van der Waals surface area contributed by atoms with Crippen molar-refractivity contribution in [3.63, 3.8) is 0 Å². The van der Waals surface area contributed by atoms with Crippen LogP contribution < -0.4 is 11.5 Å². The van der Waals surface area contributed by atoms with Gasteiger partial charge in [0.25, 0.3) is 0 Å². The van der Waals surface area contributed by atoms with Crippen LogP contribution in [0.3, 0.4) is 0 Å². The molecule has 9 heteroatoms. The minimum absolute atomic E-state index is 0.421. The number of nitrogens with zero attached hydrogens (tertiary/aromatic N) is 2. The fourth-order valence-corrected chi connectivity index (χ4v) is 2.20. The maximum atomic E-state index is 11.7. The van der Waals surface area contributed by atoms with E-state index in [1.54, 1.807) is 0 Å². The Bertz CT molecular complexity index is 578. The van der Waals surface area contributed by atoms with Gasteiger partial charge in [-0.2, -0.15) is 8.68 Å². The number of rotatable bonds is 2. The SMILES string of the molecule is O=c1occn1P(=O)(O)n1ccoc1=O. The van der Waals surface area contributed by atoms with Gasteiger partial charge in [0.05, 0.1) is 12.4 Å². The molecule has 0 aliphatic heterocycles. The number of aromatic nitrogens is 2. The standard InChI is InChI=1S/C6H5N2O6P/c9-5-7(1-3-13-5)15(11,12)8-2-4-14-6(8)10/h1-4H,(H,11,12). The molecule has 0 amide bonds. The topological polar surface area (TPSA) is 108 Å². The number of hydrogen-bond donors (Lipinski definition) is 1.